The molecule has 2 rings (SSSR count). The van der Waals surface area contributed by atoms with Gasteiger partial charge in [-0.2, -0.15) is 11.3 Å². The number of aromatic nitrogens is 1. The summed E-state index contributed by atoms with van der Waals surface area (Å²) in [5.74, 6) is 0.888. The highest BCUT2D eigenvalue weighted by Gasteiger charge is 2.07. The summed E-state index contributed by atoms with van der Waals surface area (Å²) in [5, 5.41) is 7.66. The normalized spacial score (nSPS) is 11.0. The van der Waals surface area contributed by atoms with Gasteiger partial charge in [-0.3, -0.25) is 4.98 Å². The summed E-state index contributed by atoms with van der Waals surface area (Å²) in [6.45, 7) is 7.71. The Morgan fingerprint density at radius 1 is 1.30 bits per heavy atom. The molecule has 0 fully saturated rings. The Morgan fingerprint density at radius 3 is 2.85 bits per heavy atom. The van der Waals surface area contributed by atoms with Crippen LogP contribution in [0.25, 0.3) is 0 Å². The minimum Gasteiger partial charge on any atom is -0.491 e. The van der Waals surface area contributed by atoms with Crippen molar-refractivity contribution >= 4 is 11.3 Å². The van der Waals surface area contributed by atoms with Crippen molar-refractivity contribution in [3.63, 3.8) is 0 Å². The SMILES string of the molecule is Cc1ccc(OCCc2ccsc2)c(CNC(C)C)n1. The van der Waals surface area contributed by atoms with E-state index in [0.717, 1.165) is 30.1 Å². The fourth-order valence-electron chi connectivity index (χ4n) is 1.87. The highest BCUT2D eigenvalue weighted by atomic mass is 32.1. The van der Waals surface area contributed by atoms with Crippen molar-refractivity contribution in [1.29, 1.82) is 0 Å². The van der Waals surface area contributed by atoms with Gasteiger partial charge in [0.1, 0.15) is 5.75 Å². The summed E-state index contributed by atoms with van der Waals surface area (Å²) < 4.78 is 5.90. The van der Waals surface area contributed by atoms with E-state index in [1.807, 2.05) is 19.1 Å². The molecule has 0 saturated heterocycles. The molecule has 2 aromatic heterocycles. The summed E-state index contributed by atoms with van der Waals surface area (Å²) in [6, 6.07) is 6.60. The molecular formula is C16H22N2OS. The Kier molecular flexibility index (Phi) is 5.56. The molecule has 0 amide bonds. The lowest BCUT2D eigenvalue weighted by Crippen LogP contribution is -2.23. The fourth-order valence-corrected chi connectivity index (χ4v) is 2.57. The van der Waals surface area contributed by atoms with Crippen molar-refractivity contribution in [2.75, 3.05) is 6.61 Å². The summed E-state index contributed by atoms with van der Waals surface area (Å²) in [7, 11) is 0. The van der Waals surface area contributed by atoms with Gasteiger partial charge in [-0.15, -0.1) is 0 Å². The molecular weight excluding hydrogens is 268 g/mol. The van der Waals surface area contributed by atoms with Crippen LogP contribution in [0.2, 0.25) is 0 Å². The van der Waals surface area contributed by atoms with Gasteiger partial charge in [0, 0.05) is 24.7 Å². The van der Waals surface area contributed by atoms with Crippen LogP contribution in [0, 0.1) is 6.92 Å². The van der Waals surface area contributed by atoms with Crippen molar-refractivity contribution in [3.8, 4) is 5.75 Å². The first-order valence-corrected chi connectivity index (χ1v) is 7.93. The molecule has 0 aliphatic heterocycles. The Morgan fingerprint density at radius 2 is 2.15 bits per heavy atom. The number of pyridine rings is 1. The Bertz CT molecular complexity index is 523. The predicted molar refractivity (Wildman–Crippen MR) is 84.5 cm³/mol. The summed E-state index contributed by atoms with van der Waals surface area (Å²) >= 11 is 1.72. The number of thiophene rings is 1. The van der Waals surface area contributed by atoms with Crippen LogP contribution in [-0.2, 0) is 13.0 Å². The van der Waals surface area contributed by atoms with Gasteiger partial charge < -0.3 is 10.1 Å². The second-order valence-corrected chi connectivity index (χ2v) is 5.94. The Labute approximate surface area is 125 Å². The van der Waals surface area contributed by atoms with Crippen LogP contribution in [-0.4, -0.2) is 17.6 Å². The quantitative estimate of drug-likeness (QED) is 0.846. The fraction of sp³-hybridized carbons (Fsp3) is 0.438. The third-order valence-electron chi connectivity index (χ3n) is 2.98. The molecule has 20 heavy (non-hydrogen) atoms. The van der Waals surface area contributed by atoms with Crippen molar-refractivity contribution in [2.24, 2.45) is 0 Å². The monoisotopic (exact) mass is 290 g/mol. The van der Waals surface area contributed by atoms with E-state index in [1.165, 1.54) is 5.56 Å². The standard InChI is InChI=1S/C16H22N2OS/c1-12(2)17-10-15-16(5-4-13(3)18-15)19-8-6-14-7-9-20-11-14/h4-5,7,9,11-12,17H,6,8,10H2,1-3H3. The molecule has 0 bridgehead atoms. The van der Waals surface area contributed by atoms with Crippen molar-refractivity contribution < 1.29 is 4.74 Å². The maximum Gasteiger partial charge on any atom is 0.142 e. The van der Waals surface area contributed by atoms with Gasteiger partial charge in [0.2, 0.25) is 0 Å². The van der Waals surface area contributed by atoms with Gasteiger partial charge in [0.15, 0.2) is 0 Å². The second kappa shape index (κ2) is 7.41. The molecule has 2 heterocycles. The van der Waals surface area contributed by atoms with Crippen molar-refractivity contribution in [2.45, 2.75) is 39.8 Å². The third-order valence-corrected chi connectivity index (χ3v) is 3.71. The number of hydrogen-bond donors (Lipinski definition) is 1. The van der Waals surface area contributed by atoms with Gasteiger partial charge in [-0.1, -0.05) is 13.8 Å². The lowest BCUT2D eigenvalue weighted by Gasteiger charge is -2.13. The number of nitrogens with zero attached hydrogens (tertiary/aromatic N) is 1. The van der Waals surface area contributed by atoms with Crippen LogP contribution in [0.15, 0.2) is 29.0 Å². The molecule has 0 saturated carbocycles. The molecule has 0 unspecified atom stereocenters. The van der Waals surface area contributed by atoms with Gasteiger partial charge in [0.05, 0.1) is 12.3 Å². The zero-order valence-electron chi connectivity index (χ0n) is 12.3. The maximum atomic E-state index is 5.90. The molecule has 0 atom stereocenters. The van der Waals surface area contributed by atoms with E-state index in [2.05, 4.69) is 41.0 Å². The minimum atomic E-state index is 0.441. The molecule has 0 aromatic carbocycles. The van der Waals surface area contributed by atoms with E-state index in [0.29, 0.717) is 12.6 Å². The van der Waals surface area contributed by atoms with E-state index in [9.17, 15) is 0 Å². The average Bonchev–Trinajstić information content (AvgIpc) is 2.91. The van der Waals surface area contributed by atoms with Gasteiger partial charge in [-0.05, 0) is 41.4 Å². The highest BCUT2D eigenvalue weighted by Crippen LogP contribution is 2.18. The zero-order chi connectivity index (χ0) is 14.4. The molecule has 0 radical (unpaired) electrons. The van der Waals surface area contributed by atoms with E-state index in [-0.39, 0.29) is 0 Å². The first-order valence-electron chi connectivity index (χ1n) is 6.99. The summed E-state index contributed by atoms with van der Waals surface area (Å²) in [5.41, 5.74) is 3.34. The van der Waals surface area contributed by atoms with Gasteiger partial charge in [-0.25, -0.2) is 0 Å². The van der Waals surface area contributed by atoms with Crippen LogP contribution >= 0.6 is 11.3 Å². The second-order valence-electron chi connectivity index (χ2n) is 5.16. The summed E-state index contributed by atoms with van der Waals surface area (Å²) in [6.07, 6.45) is 0.939. The summed E-state index contributed by atoms with van der Waals surface area (Å²) in [4.78, 5) is 4.58. The van der Waals surface area contributed by atoms with Crippen LogP contribution < -0.4 is 10.1 Å². The van der Waals surface area contributed by atoms with Crippen molar-refractivity contribution in [1.82, 2.24) is 10.3 Å². The number of nitrogens with one attached hydrogen (secondary N) is 1. The Balaban J connectivity index is 1.95. The molecule has 0 spiro atoms. The minimum absolute atomic E-state index is 0.441. The van der Waals surface area contributed by atoms with Crippen molar-refractivity contribution in [3.05, 3.63) is 45.9 Å². The largest absolute Gasteiger partial charge is 0.491 e. The molecule has 3 nitrogen and oxygen atoms in total. The first kappa shape index (κ1) is 15.0. The molecule has 2 aromatic rings. The smallest absolute Gasteiger partial charge is 0.142 e. The molecule has 4 heteroatoms. The number of ether oxygens (including phenoxy) is 1. The molecule has 0 aliphatic rings. The van der Waals surface area contributed by atoms with E-state index in [4.69, 9.17) is 4.74 Å². The van der Waals surface area contributed by atoms with Crippen LogP contribution in [0.3, 0.4) is 0 Å². The van der Waals surface area contributed by atoms with E-state index >= 15 is 0 Å². The van der Waals surface area contributed by atoms with Gasteiger partial charge in [0.25, 0.3) is 0 Å². The number of aryl methyl sites for hydroxylation is 1. The van der Waals surface area contributed by atoms with Crippen LogP contribution in [0.5, 0.6) is 5.75 Å². The van der Waals surface area contributed by atoms with E-state index < -0.39 is 0 Å². The maximum absolute atomic E-state index is 5.90. The first-order chi connectivity index (χ1) is 9.65. The Hall–Kier alpha value is -1.39. The predicted octanol–water partition coefficient (Wildman–Crippen LogP) is 3.57. The molecule has 1 N–H and O–H groups in total. The molecule has 108 valence electrons. The van der Waals surface area contributed by atoms with Gasteiger partial charge >= 0.3 is 0 Å². The third kappa shape index (κ3) is 4.62. The zero-order valence-corrected chi connectivity index (χ0v) is 13.2. The highest BCUT2D eigenvalue weighted by molar-refractivity contribution is 7.07. The van der Waals surface area contributed by atoms with Crippen LogP contribution in [0.1, 0.15) is 30.8 Å². The number of hydrogen-bond acceptors (Lipinski definition) is 4. The lowest BCUT2D eigenvalue weighted by molar-refractivity contribution is 0.315. The average molecular weight is 290 g/mol. The topological polar surface area (TPSA) is 34.1 Å². The molecule has 0 aliphatic carbocycles. The number of rotatable bonds is 7. The lowest BCUT2D eigenvalue weighted by atomic mass is 10.2. The van der Waals surface area contributed by atoms with E-state index in [1.54, 1.807) is 11.3 Å². The van der Waals surface area contributed by atoms with Crippen LogP contribution in [0.4, 0.5) is 0 Å².